The van der Waals surface area contributed by atoms with Crippen molar-refractivity contribution in [1.82, 2.24) is 0 Å². The molecule has 0 aromatic heterocycles. The number of aliphatic hydroxyl groups is 1. The molecule has 1 aromatic rings. The smallest absolute Gasteiger partial charge is 0.323 e. The number of nitrogens with two attached hydrogens (primary N) is 1. The van der Waals surface area contributed by atoms with Crippen molar-refractivity contribution in [2.45, 2.75) is 25.2 Å². The van der Waals surface area contributed by atoms with Gasteiger partial charge in [0.2, 0.25) is 0 Å². The molecule has 0 amide bonds. The first kappa shape index (κ1) is 13.6. The molecule has 1 aromatic carbocycles. The number of carboxylic acid groups (broad SMARTS) is 1. The Hall–Kier alpha value is -1.43. The van der Waals surface area contributed by atoms with Crippen LogP contribution < -0.4 is 5.73 Å². The first-order valence-electron chi connectivity index (χ1n) is 5.39. The van der Waals surface area contributed by atoms with Gasteiger partial charge in [-0.1, -0.05) is 30.3 Å². The Labute approximate surface area is 99.8 Å². The SMILES string of the molecule is N[C@H](C(=O)O)[C@H](O)CCOCc1ccccc1. The van der Waals surface area contributed by atoms with Crippen molar-refractivity contribution >= 4 is 5.97 Å². The van der Waals surface area contributed by atoms with Gasteiger partial charge in [0.15, 0.2) is 0 Å². The van der Waals surface area contributed by atoms with Crippen molar-refractivity contribution in [1.29, 1.82) is 0 Å². The number of benzene rings is 1. The zero-order valence-corrected chi connectivity index (χ0v) is 9.45. The summed E-state index contributed by atoms with van der Waals surface area (Å²) in [6, 6.07) is 8.34. The molecular weight excluding hydrogens is 222 g/mol. The van der Waals surface area contributed by atoms with Crippen LogP contribution in [0, 0.1) is 0 Å². The number of hydrogen-bond acceptors (Lipinski definition) is 4. The Balaban J connectivity index is 2.18. The zero-order valence-electron chi connectivity index (χ0n) is 9.45. The minimum atomic E-state index is -1.25. The van der Waals surface area contributed by atoms with Crippen LogP contribution in [0.5, 0.6) is 0 Å². The maximum absolute atomic E-state index is 10.5. The molecule has 0 spiro atoms. The molecule has 0 saturated carbocycles. The molecule has 0 aliphatic carbocycles. The minimum Gasteiger partial charge on any atom is -0.480 e. The van der Waals surface area contributed by atoms with Crippen molar-refractivity contribution in [2.75, 3.05) is 6.61 Å². The molecule has 17 heavy (non-hydrogen) atoms. The van der Waals surface area contributed by atoms with Crippen LogP contribution >= 0.6 is 0 Å². The van der Waals surface area contributed by atoms with Crippen LogP contribution in [0.3, 0.4) is 0 Å². The molecule has 0 bridgehead atoms. The van der Waals surface area contributed by atoms with E-state index >= 15 is 0 Å². The van der Waals surface area contributed by atoms with E-state index in [4.69, 9.17) is 15.6 Å². The van der Waals surface area contributed by atoms with E-state index in [2.05, 4.69) is 0 Å². The molecule has 1 rings (SSSR count). The monoisotopic (exact) mass is 239 g/mol. The molecule has 4 N–H and O–H groups in total. The van der Waals surface area contributed by atoms with E-state index in [-0.39, 0.29) is 13.0 Å². The summed E-state index contributed by atoms with van der Waals surface area (Å²) in [5.74, 6) is -1.21. The third kappa shape index (κ3) is 4.95. The van der Waals surface area contributed by atoms with Gasteiger partial charge in [0, 0.05) is 6.61 Å². The van der Waals surface area contributed by atoms with Gasteiger partial charge in [-0.3, -0.25) is 4.79 Å². The first-order valence-corrected chi connectivity index (χ1v) is 5.39. The number of aliphatic hydroxyl groups excluding tert-OH is 1. The number of rotatable bonds is 7. The highest BCUT2D eigenvalue weighted by atomic mass is 16.5. The lowest BCUT2D eigenvalue weighted by molar-refractivity contribution is -0.141. The number of carboxylic acids is 1. The van der Waals surface area contributed by atoms with Crippen LogP contribution in [0.25, 0.3) is 0 Å². The van der Waals surface area contributed by atoms with Gasteiger partial charge in [0.05, 0.1) is 12.7 Å². The van der Waals surface area contributed by atoms with E-state index in [1.807, 2.05) is 30.3 Å². The summed E-state index contributed by atoms with van der Waals surface area (Å²) in [5, 5.41) is 18.0. The second-order valence-corrected chi connectivity index (χ2v) is 3.76. The van der Waals surface area contributed by atoms with Crippen LogP contribution in [0.1, 0.15) is 12.0 Å². The van der Waals surface area contributed by atoms with Crippen LogP contribution in [-0.4, -0.2) is 34.9 Å². The number of hydrogen-bond donors (Lipinski definition) is 3. The molecule has 5 heteroatoms. The highest BCUT2D eigenvalue weighted by Crippen LogP contribution is 2.03. The largest absolute Gasteiger partial charge is 0.480 e. The Morgan fingerprint density at radius 2 is 2.00 bits per heavy atom. The lowest BCUT2D eigenvalue weighted by Crippen LogP contribution is -2.42. The fourth-order valence-electron chi connectivity index (χ4n) is 1.31. The van der Waals surface area contributed by atoms with Gasteiger partial charge in [-0.15, -0.1) is 0 Å². The van der Waals surface area contributed by atoms with Gasteiger partial charge in [0.25, 0.3) is 0 Å². The molecule has 0 aliphatic heterocycles. The maximum Gasteiger partial charge on any atom is 0.323 e. The third-order valence-electron chi connectivity index (χ3n) is 2.37. The predicted octanol–water partition coefficient (Wildman–Crippen LogP) is 0.366. The number of ether oxygens (including phenoxy) is 1. The summed E-state index contributed by atoms with van der Waals surface area (Å²) in [4.78, 5) is 10.5. The highest BCUT2D eigenvalue weighted by Gasteiger charge is 2.21. The standard InChI is InChI=1S/C12H17NO4/c13-11(12(15)16)10(14)6-7-17-8-9-4-2-1-3-5-9/h1-5,10-11,14H,6-8,13H2,(H,15,16)/t10-,11+/m1/s1. The molecule has 94 valence electrons. The Morgan fingerprint density at radius 3 is 2.59 bits per heavy atom. The molecule has 0 unspecified atom stereocenters. The average Bonchev–Trinajstić information content (AvgIpc) is 2.34. The van der Waals surface area contributed by atoms with E-state index in [1.54, 1.807) is 0 Å². The third-order valence-corrected chi connectivity index (χ3v) is 2.37. The second kappa shape index (κ2) is 7.01. The summed E-state index contributed by atoms with van der Waals surface area (Å²) in [5.41, 5.74) is 6.28. The Kier molecular flexibility index (Phi) is 5.62. The van der Waals surface area contributed by atoms with Gasteiger partial charge < -0.3 is 20.7 Å². The van der Waals surface area contributed by atoms with Crippen molar-refractivity contribution in [3.63, 3.8) is 0 Å². The average molecular weight is 239 g/mol. The summed E-state index contributed by atoms with van der Waals surface area (Å²) in [7, 11) is 0. The van der Waals surface area contributed by atoms with Crippen molar-refractivity contribution < 1.29 is 19.7 Å². The van der Waals surface area contributed by atoms with E-state index in [0.29, 0.717) is 6.61 Å². The van der Waals surface area contributed by atoms with Crippen LogP contribution in [0.2, 0.25) is 0 Å². The number of carbonyl (C=O) groups is 1. The van der Waals surface area contributed by atoms with Crippen molar-refractivity contribution in [3.8, 4) is 0 Å². The van der Waals surface area contributed by atoms with Crippen molar-refractivity contribution in [2.24, 2.45) is 5.73 Å². The van der Waals surface area contributed by atoms with E-state index in [0.717, 1.165) is 5.56 Å². The summed E-state index contributed by atoms with van der Waals surface area (Å²) in [6.45, 7) is 0.715. The Bertz CT molecular complexity index is 342. The normalized spacial score (nSPS) is 14.2. The highest BCUT2D eigenvalue weighted by molar-refractivity contribution is 5.73. The summed E-state index contributed by atoms with van der Waals surface area (Å²) >= 11 is 0. The number of aliphatic carboxylic acids is 1. The predicted molar refractivity (Wildman–Crippen MR) is 62.3 cm³/mol. The summed E-state index contributed by atoms with van der Waals surface area (Å²) < 4.78 is 5.31. The molecule has 5 nitrogen and oxygen atoms in total. The molecular formula is C12H17NO4. The van der Waals surface area contributed by atoms with E-state index < -0.39 is 18.1 Å². The van der Waals surface area contributed by atoms with Crippen LogP contribution in [0.4, 0.5) is 0 Å². The van der Waals surface area contributed by atoms with Crippen LogP contribution in [-0.2, 0) is 16.1 Å². The van der Waals surface area contributed by atoms with Gasteiger partial charge in [-0.05, 0) is 12.0 Å². The molecule has 0 heterocycles. The minimum absolute atomic E-state index is 0.209. The van der Waals surface area contributed by atoms with Crippen molar-refractivity contribution in [3.05, 3.63) is 35.9 Å². The fraction of sp³-hybridized carbons (Fsp3) is 0.417. The van der Waals surface area contributed by atoms with Gasteiger partial charge in [-0.25, -0.2) is 0 Å². The lowest BCUT2D eigenvalue weighted by Gasteiger charge is -2.14. The molecule has 0 radical (unpaired) electrons. The first-order chi connectivity index (χ1) is 8.11. The maximum atomic E-state index is 10.5. The zero-order chi connectivity index (χ0) is 12.7. The molecule has 2 atom stereocenters. The van der Waals surface area contributed by atoms with Gasteiger partial charge in [0.1, 0.15) is 6.04 Å². The topological polar surface area (TPSA) is 92.8 Å². The van der Waals surface area contributed by atoms with Crippen LogP contribution in [0.15, 0.2) is 30.3 Å². The lowest BCUT2D eigenvalue weighted by atomic mass is 10.1. The van der Waals surface area contributed by atoms with E-state index in [1.165, 1.54) is 0 Å². The molecule has 0 fully saturated rings. The van der Waals surface area contributed by atoms with Gasteiger partial charge in [-0.2, -0.15) is 0 Å². The summed E-state index contributed by atoms with van der Waals surface area (Å²) in [6.07, 6.45) is -0.872. The quantitative estimate of drug-likeness (QED) is 0.598. The Morgan fingerprint density at radius 1 is 1.35 bits per heavy atom. The van der Waals surface area contributed by atoms with Gasteiger partial charge >= 0.3 is 5.97 Å². The van der Waals surface area contributed by atoms with E-state index in [9.17, 15) is 9.90 Å². The fourth-order valence-corrected chi connectivity index (χ4v) is 1.31. The molecule has 0 aliphatic rings. The molecule has 0 saturated heterocycles. The second-order valence-electron chi connectivity index (χ2n) is 3.76.